The summed E-state index contributed by atoms with van der Waals surface area (Å²) in [4.78, 5) is 22.6. The molecular weight excluding hydrogens is 230 g/mol. The van der Waals surface area contributed by atoms with Crippen molar-refractivity contribution in [2.75, 3.05) is 5.73 Å². The van der Waals surface area contributed by atoms with Crippen molar-refractivity contribution >= 4 is 28.3 Å². The van der Waals surface area contributed by atoms with E-state index in [4.69, 9.17) is 15.6 Å². The minimum atomic E-state index is -1.09. The van der Waals surface area contributed by atoms with Crippen LogP contribution < -0.4 is 5.73 Å². The molecule has 0 spiro atoms. The normalized spacial score (nSPS) is 10.5. The maximum atomic E-state index is 11.6. The summed E-state index contributed by atoms with van der Waals surface area (Å²) >= 11 is 0.882. The van der Waals surface area contributed by atoms with Gasteiger partial charge >= 0.3 is 11.9 Å². The molecule has 0 unspecified atom stereocenters. The molecule has 3 N–H and O–H groups in total. The summed E-state index contributed by atoms with van der Waals surface area (Å²) in [5, 5.41) is 9.05. The molecule has 0 amide bonds. The van der Waals surface area contributed by atoms with E-state index in [1.54, 1.807) is 20.8 Å². The second-order valence-corrected chi connectivity index (χ2v) is 4.61. The molecule has 16 heavy (non-hydrogen) atoms. The highest BCUT2D eigenvalue weighted by atomic mass is 32.1. The second kappa shape index (κ2) is 4.52. The fourth-order valence-electron chi connectivity index (χ4n) is 1.27. The van der Waals surface area contributed by atoms with Crippen LogP contribution in [0, 0.1) is 6.92 Å². The van der Waals surface area contributed by atoms with Crippen LogP contribution in [0.3, 0.4) is 0 Å². The summed E-state index contributed by atoms with van der Waals surface area (Å²) in [6, 6.07) is 0. The van der Waals surface area contributed by atoms with E-state index in [-0.39, 0.29) is 21.5 Å². The average molecular weight is 243 g/mol. The lowest BCUT2D eigenvalue weighted by Crippen LogP contribution is -2.13. The van der Waals surface area contributed by atoms with E-state index in [0.29, 0.717) is 5.56 Å². The first-order chi connectivity index (χ1) is 7.34. The van der Waals surface area contributed by atoms with Crippen molar-refractivity contribution in [3.05, 3.63) is 16.0 Å². The number of hydrogen-bond donors (Lipinski definition) is 2. The Morgan fingerprint density at radius 1 is 1.44 bits per heavy atom. The zero-order valence-electron chi connectivity index (χ0n) is 9.23. The molecule has 0 aliphatic carbocycles. The Bertz CT molecular complexity index is 436. The van der Waals surface area contributed by atoms with Gasteiger partial charge in [0.1, 0.15) is 9.88 Å². The Kier molecular flexibility index (Phi) is 3.54. The SMILES string of the molecule is Cc1c(C(=O)O)sc(N)c1C(=O)OC(C)C. The lowest BCUT2D eigenvalue weighted by atomic mass is 10.1. The van der Waals surface area contributed by atoms with E-state index in [9.17, 15) is 9.59 Å². The lowest BCUT2D eigenvalue weighted by Gasteiger charge is -2.07. The number of carboxylic acid groups (broad SMARTS) is 1. The number of carbonyl (C=O) groups is 2. The molecule has 6 heteroatoms. The zero-order chi connectivity index (χ0) is 12.5. The van der Waals surface area contributed by atoms with Gasteiger partial charge in [-0.05, 0) is 26.3 Å². The van der Waals surface area contributed by atoms with Crippen molar-refractivity contribution < 1.29 is 19.4 Å². The first-order valence-corrected chi connectivity index (χ1v) is 5.49. The number of anilines is 1. The third-order valence-electron chi connectivity index (χ3n) is 1.92. The Hall–Kier alpha value is -1.56. The number of carboxylic acids is 1. The third-order valence-corrected chi connectivity index (χ3v) is 3.02. The molecule has 88 valence electrons. The van der Waals surface area contributed by atoms with Gasteiger partial charge in [-0.15, -0.1) is 11.3 Å². The van der Waals surface area contributed by atoms with E-state index in [1.807, 2.05) is 0 Å². The molecule has 0 radical (unpaired) electrons. The van der Waals surface area contributed by atoms with E-state index >= 15 is 0 Å². The predicted molar refractivity (Wildman–Crippen MR) is 61.0 cm³/mol. The van der Waals surface area contributed by atoms with Crippen LogP contribution in [0.2, 0.25) is 0 Å². The maximum absolute atomic E-state index is 11.6. The lowest BCUT2D eigenvalue weighted by molar-refractivity contribution is 0.0379. The second-order valence-electron chi connectivity index (χ2n) is 3.55. The van der Waals surface area contributed by atoms with Gasteiger partial charge in [0.25, 0.3) is 0 Å². The van der Waals surface area contributed by atoms with Crippen LogP contribution in [-0.4, -0.2) is 23.1 Å². The predicted octanol–water partition coefficient (Wildman–Crippen LogP) is 1.90. The number of carbonyl (C=O) groups excluding carboxylic acids is 1. The van der Waals surface area contributed by atoms with E-state index in [2.05, 4.69) is 0 Å². The molecule has 0 aliphatic rings. The smallest absolute Gasteiger partial charge is 0.346 e. The fraction of sp³-hybridized carbons (Fsp3) is 0.400. The van der Waals surface area contributed by atoms with Gasteiger partial charge in [0.15, 0.2) is 0 Å². The third kappa shape index (κ3) is 2.33. The molecular formula is C10H13NO4S. The van der Waals surface area contributed by atoms with Gasteiger partial charge in [0, 0.05) is 0 Å². The summed E-state index contributed by atoms with van der Waals surface area (Å²) in [6.07, 6.45) is -0.264. The highest BCUT2D eigenvalue weighted by molar-refractivity contribution is 7.18. The molecule has 1 rings (SSSR count). The number of nitrogen functional groups attached to an aromatic ring is 1. The van der Waals surface area contributed by atoms with Crippen molar-refractivity contribution in [1.29, 1.82) is 0 Å². The van der Waals surface area contributed by atoms with Gasteiger partial charge in [0.05, 0.1) is 11.7 Å². The molecule has 0 fully saturated rings. The van der Waals surface area contributed by atoms with Gasteiger partial charge in [-0.1, -0.05) is 0 Å². The molecule has 0 bridgehead atoms. The summed E-state index contributed by atoms with van der Waals surface area (Å²) in [6.45, 7) is 4.98. The van der Waals surface area contributed by atoms with Gasteiger partial charge in [0.2, 0.25) is 0 Å². The minimum absolute atomic E-state index is 0.0770. The maximum Gasteiger partial charge on any atom is 0.346 e. The summed E-state index contributed by atoms with van der Waals surface area (Å²) in [7, 11) is 0. The zero-order valence-corrected chi connectivity index (χ0v) is 10.1. The Labute approximate surface area is 96.8 Å². The molecule has 0 aliphatic heterocycles. The highest BCUT2D eigenvalue weighted by Crippen LogP contribution is 2.31. The van der Waals surface area contributed by atoms with Crippen molar-refractivity contribution in [3.63, 3.8) is 0 Å². The van der Waals surface area contributed by atoms with Gasteiger partial charge in [-0.25, -0.2) is 9.59 Å². The monoisotopic (exact) mass is 243 g/mol. The molecule has 0 saturated carbocycles. The van der Waals surface area contributed by atoms with Gasteiger partial charge < -0.3 is 15.6 Å². The summed E-state index contributed by atoms with van der Waals surface area (Å²) < 4.78 is 4.99. The first kappa shape index (κ1) is 12.5. The largest absolute Gasteiger partial charge is 0.477 e. The summed E-state index contributed by atoms with van der Waals surface area (Å²) in [5.41, 5.74) is 6.14. The number of esters is 1. The van der Waals surface area contributed by atoms with Crippen molar-refractivity contribution in [3.8, 4) is 0 Å². The topological polar surface area (TPSA) is 89.6 Å². The standard InChI is InChI=1S/C10H13NO4S/c1-4(2)15-10(14)6-5(3)7(9(12)13)16-8(6)11/h4H,11H2,1-3H3,(H,12,13). The van der Waals surface area contributed by atoms with Gasteiger partial charge in [-0.3, -0.25) is 0 Å². The Balaban J connectivity index is 3.14. The molecule has 1 aromatic heterocycles. The van der Waals surface area contributed by atoms with Gasteiger partial charge in [-0.2, -0.15) is 0 Å². The molecule has 0 atom stereocenters. The number of hydrogen-bond acceptors (Lipinski definition) is 5. The number of aromatic carboxylic acids is 1. The van der Waals surface area contributed by atoms with E-state index in [0.717, 1.165) is 11.3 Å². The molecule has 0 saturated heterocycles. The van der Waals surface area contributed by atoms with E-state index < -0.39 is 11.9 Å². The van der Waals surface area contributed by atoms with Crippen LogP contribution in [0.5, 0.6) is 0 Å². The Morgan fingerprint density at radius 2 is 2.00 bits per heavy atom. The molecule has 1 heterocycles. The van der Waals surface area contributed by atoms with Crippen molar-refractivity contribution in [2.45, 2.75) is 26.9 Å². The fourth-order valence-corrected chi connectivity index (χ4v) is 2.17. The number of rotatable bonds is 3. The molecule has 1 aromatic rings. The van der Waals surface area contributed by atoms with Crippen LogP contribution in [0.25, 0.3) is 0 Å². The van der Waals surface area contributed by atoms with Crippen molar-refractivity contribution in [1.82, 2.24) is 0 Å². The number of thiophene rings is 1. The van der Waals surface area contributed by atoms with Crippen LogP contribution in [0.1, 0.15) is 39.4 Å². The van der Waals surface area contributed by atoms with Crippen LogP contribution in [-0.2, 0) is 4.74 Å². The van der Waals surface area contributed by atoms with Crippen LogP contribution in [0.15, 0.2) is 0 Å². The van der Waals surface area contributed by atoms with Crippen LogP contribution >= 0.6 is 11.3 Å². The summed E-state index contributed by atoms with van der Waals surface area (Å²) in [5.74, 6) is -1.66. The highest BCUT2D eigenvalue weighted by Gasteiger charge is 2.24. The molecule has 0 aromatic carbocycles. The quantitative estimate of drug-likeness (QED) is 0.791. The number of ether oxygens (including phenoxy) is 1. The first-order valence-electron chi connectivity index (χ1n) is 4.67. The van der Waals surface area contributed by atoms with Crippen molar-refractivity contribution in [2.24, 2.45) is 0 Å². The number of nitrogens with two attached hydrogens (primary N) is 1. The average Bonchev–Trinajstić information content (AvgIpc) is 2.40. The Morgan fingerprint density at radius 3 is 2.38 bits per heavy atom. The van der Waals surface area contributed by atoms with Crippen LogP contribution in [0.4, 0.5) is 5.00 Å². The van der Waals surface area contributed by atoms with E-state index in [1.165, 1.54) is 0 Å². The minimum Gasteiger partial charge on any atom is -0.477 e. The molecule has 5 nitrogen and oxygen atoms in total.